The van der Waals surface area contributed by atoms with Crippen LogP contribution in [-0.2, 0) is 9.53 Å². The fourth-order valence-electron chi connectivity index (χ4n) is 3.17. The van der Waals surface area contributed by atoms with E-state index in [2.05, 4.69) is 11.4 Å². The van der Waals surface area contributed by atoms with Gasteiger partial charge in [-0.15, -0.1) is 0 Å². The molecule has 0 radical (unpaired) electrons. The van der Waals surface area contributed by atoms with Gasteiger partial charge in [0.1, 0.15) is 11.9 Å². The predicted molar refractivity (Wildman–Crippen MR) is 116 cm³/mol. The minimum atomic E-state index is -0.979. The maximum atomic E-state index is 12.5. The van der Waals surface area contributed by atoms with Gasteiger partial charge in [-0.2, -0.15) is 5.26 Å². The van der Waals surface area contributed by atoms with Gasteiger partial charge in [0, 0.05) is 29.2 Å². The number of nitrogens with two attached hydrogens (primary N) is 1. The molecule has 3 rings (SSSR count). The number of para-hydroxylation sites is 1. The molecule has 1 aromatic heterocycles. The number of nitrogens with one attached hydrogen (secondary N) is 1. The Balaban J connectivity index is 1.81. The van der Waals surface area contributed by atoms with Crippen molar-refractivity contribution < 1.29 is 19.2 Å². The van der Waals surface area contributed by atoms with Crippen LogP contribution in [0, 0.1) is 35.3 Å². The second-order valence-corrected chi connectivity index (χ2v) is 6.87. The molecule has 0 atom stereocenters. The molecule has 0 unspecified atom stereocenters. The molecule has 162 valence electrons. The van der Waals surface area contributed by atoms with Crippen molar-refractivity contribution in [1.29, 1.82) is 5.26 Å². The molecule has 32 heavy (non-hydrogen) atoms. The lowest BCUT2D eigenvalue weighted by atomic mass is 10.1. The van der Waals surface area contributed by atoms with Gasteiger partial charge >= 0.3 is 5.97 Å². The van der Waals surface area contributed by atoms with Crippen LogP contribution >= 0.6 is 0 Å². The second-order valence-electron chi connectivity index (χ2n) is 6.87. The standard InChI is InChI=1S/C22H19N5O5/c1-13-14(2)26(15-6-4-3-5-7-15)21(18(13)11-23)25-20(28)12-32-22(29)17-10-16(27(30)31)8-9-19(17)24/h3-10H,12,24H2,1-2H3,(H,25,28). The molecule has 3 N–H and O–H groups in total. The smallest absolute Gasteiger partial charge is 0.341 e. The van der Waals surface area contributed by atoms with Crippen LogP contribution in [0.2, 0.25) is 0 Å². The summed E-state index contributed by atoms with van der Waals surface area (Å²) in [6.07, 6.45) is 0. The van der Waals surface area contributed by atoms with E-state index in [1.807, 2.05) is 37.3 Å². The molecule has 0 saturated heterocycles. The highest BCUT2D eigenvalue weighted by Crippen LogP contribution is 2.30. The number of anilines is 2. The Kier molecular flexibility index (Phi) is 6.21. The van der Waals surface area contributed by atoms with E-state index in [-0.39, 0.29) is 28.3 Å². The number of amides is 1. The summed E-state index contributed by atoms with van der Waals surface area (Å²) in [5.74, 6) is -1.41. The molecule has 3 aromatic rings. The van der Waals surface area contributed by atoms with Crippen molar-refractivity contribution in [2.24, 2.45) is 0 Å². The maximum absolute atomic E-state index is 12.5. The first-order valence-electron chi connectivity index (χ1n) is 9.43. The lowest BCUT2D eigenvalue weighted by Gasteiger charge is -2.13. The van der Waals surface area contributed by atoms with Crippen molar-refractivity contribution in [2.45, 2.75) is 13.8 Å². The van der Waals surface area contributed by atoms with Crippen LogP contribution in [0.5, 0.6) is 0 Å². The van der Waals surface area contributed by atoms with E-state index in [1.165, 1.54) is 6.07 Å². The molecule has 0 bridgehead atoms. The third kappa shape index (κ3) is 4.27. The number of rotatable bonds is 6. The lowest BCUT2D eigenvalue weighted by molar-refractivity contribution is -0.384. The van der Waals surface area contributed by atoms with E-state index in [4.69, 9.17) is 10.5 Å². The molecule has 0 aliphatic carbocycles. The first kappa shape index (κ1) is 22.0. The summed E-state index contributed by atoms with van der Waals surface area (Å²) < 4.78 is 6.72. The first-order valence-corrected chi connectivity index (χ1v) is 9.43. The number of nitrogen functional groups attached to an aromatic ring is 1. The molecule has 0 aliphatic heterocycles. The van der Waals surface area contributed by atoms with E-state index in [0.29, 0.717) is 5.56 Å². The zero-order chi connectivity index (χ0) is 23.4. The molecule has 1 amide bonds. The summed E-state index contributed by atoms with van der Waals surface area (Å²) in [6.45, 7) is 2.92. The molecule has 0 fully saturated rings. The highest BCUT2D eigenvalue weighted by molar-refractivity contribution is 5.99. The fourth-order valence-corrected chi connectivity index (χ4v) is 3.17. The first-order chi connectivity index (χ1) is 15.2. The lowest BCUT2D eigenvalue weighted by Crippen LogP contribution is -2.23. The van der Waals surface area contributed by atoms with Crippen LogP contribution in [0.4, 0.5) is 17.2 Å². The zero-order valence-corrected chi connectivity index (χ0v) is 17.3. The number of benzene rings is 2. The highest BCUT2D eigenvalue weighted by Gasteiger charge is 2.22. The topological polar surface area (TPSA) is 153 Å². The molecular weight excluding hydrogens is 414 g/mol. The summed E-state index contributed by atoms with van der Waals surface area (Å²) in [5, 5.41) is 23.1. The number of esters is 1. The Morgan fingerprint density at radius 2 is 1.91 bits per heavy atom. The van der Waals surface area contributed by atoms with E-state index in [9.17, 15) is 25.0 Å². The number of nitriles is 1. The second kappa shape index (κ2) is 9.01. The minimum Gasteiger partial charge on any atom is -0.452 e. The van der Waals surface area contributed by atoms with E-state index < -0.39 is 23.4 Å². The van der Waals surface area contributed by atoms with Gasteiger partial charge in [-0.25, -0.2) is 4.79 Å². The van der Waals surface area contributed by atoms with Crippen molar-refractivity contribution in [3.63, 3.8) is 0 Å². The number of nitro benzene ring substituents is 1. The summed E-state index contributed by atoms with van der Waals surface area (Å²) in [4.78, 5) is 35.1. The van der Waals surface area contributed by atoms with Crippen molar-refractivity contribution in [1.82, 2.24) is 4.57 Å². The predicted octanol–water partition coefficient (Wildman–Crippen LogP) is 3.25. The third-order valence-corrected chi connectivity index (χ3v) is 4.90. The number of nitro groups is 1. The molecule has 0 saturated carbocycles. The number of nitrogens with zero attached hydrogens (tertiary/aromatic N) is 3. The van der Waals surface area contributed by atoms with Crippen molar-refractivity contribution in [3.05, 3.63) is 81.0 Å². The van der Waals surface area contributed by atoms with Gasteiger partial charge in [0.05, 0.1) is 16.1 Å². The number of hydrogen-bond acceptors (Lipinski definition) is 7. The number of non-ortho nitro benzene ring substituents is 1. The van der Waals surface area contributed by atoms with E-state index in [0.717, 1.165) is 23.5 Å². The molecule has 2 aromatic carbocycles. The molecule has 10 heteroatoms. The van der Waals surface area contributed by atoms with Gasteiger partial charge in [0.15, 0.2) is 6.61 Å². The zero-order valence-electron chi connectivity index (χ0n) is 17.3. The summed E-state index contributed by atoms with van der Waals surface area (Å²) in [5.41, 5.74) is 7.63. The van der Waals surface area contributed by atoms with Gasteiger partial charge in [0.25, 0.3) is 11.6 Å². The molecule has 1 heterocycles. The van der Waals surface area contributed by atoms with Gasteiger partial charge in [-0.05, 0) is 37.6 Å². The normalized spacial score (nSPS) is 10.3. The molecule has 0 spiro atoms. The monoisotopic (exact) mass is 433 g/mol. The van der Waals surface area contributed by atoms with Crippen molar-refractivity contribution in [3.8, 4) is 11.8 Å². The average Bonchev–Trinajstić information content (AvgIpc) is 3.01. The van der Waals surface area contributed by atoms with Crippen LogP contribution in [0.3, 0.4) is 0 Å². The van der Waals surface area contributed by atoms with Gasteiger partial charge in [-0.3, -0.25) is 19.5 Å². The largest absolute Gasteiger partial charge is 0.452 e. The maximum Gasteiger partial charge on any atom is 0.341 e. The number of ether oxygens (including phenoxy) is 1. The van der Waals surface area contributed by atoms with Gasteiger partial charge in [0.2, 0.25) is 0 Å². The van der Waals surface area contributed by atoms with Crippen molar-refractivity contribution >= 4 is 29.1 Å². The van der Waals surface area contributed by atoms with Crippen molar-refractivity contribution in [2.75, 3.05) is 17.7 Å². The summed E-state index contributed by atoms with van der Waals surface area (Å²) in [6, 6.07) is 14.6. The quantitative estimate of drug-likeness (QED) is 0.262. The van der Waals surface area contributed by atoms with Gasteiger partial charge in [-0.1, -0.05) is 18.2 Å². The van der Waals surface area contributed by atoms with E-state index >= 15 is 0 Å². The fraction of sp³-hybridized carbons (Fsp3) is 0.136. The Morgan fingerprint density at radius 1 is 1.22 bits per heavy atom. The highest BCUT2D eigenvalue weighted by atomic mass is 16.6. The molecule has 0 aliphatic rings. The van der Waals surface area contributed by atoms with Gasteiger partial charge < -0.3 is 15.8 Å². The average molecular weight is 433 g/mol. The number of hydrogen-bond donors (Lipinski definition) is 2. The van der Waals surface area contributed by atoms with E-state index in [1.54, 1.807) is 11.5 Å². The molecular formula is C22H19N5O5. The number of aromatic nitrogens is 1. The third-order valence-electron chi connectivity index (χ3n) is 4.90. The van der Waals surface area contributed by atoms with Crippen LogP contribution in [0.1, 0.15) is 27.2 Å². The van der Waals surface area contributed by atoms with Crippen LogP contribution in [0.15, 0.2) is 48.5 Å². The number of carbonyl (C=O) groups excluding carboxylic acids is 2. The Labute approximate surface area is 183 Å². The summed E-state index contributed by atoms with van der Waals surface area (Å²) >= 11 is 0. The van der Waals surface area contributed by atoms with Crippen LogP contribution in [-0.4, -0.2) is 28.0 Å². The SMILES string of the molecule is Cc1c(C#N)c(NC(=O)COC(=O)c2cc([N+](=O)[O-])ccc2N)n(-c2ccccc2)c1C. The Hall–Kier alpha value is -4.65. The minimum absolute atomic E-state index is 0.0167. The molecule has 10 nitrogen and oxygen atoms in total. The summed E-state index contributed by atoms with van der Waals surface area (Å²) in [7, 11) is 0. The Bertz CT molecular complexity index is 1260. The number of carbonyl (C=O) groups is 2. The van der Waals surface area contributed by atoms with Crippen LogP contribution in [0.25, 0.3) is 5.69 Å². The van der Waals surface area contributed by atoms with Crippen LogP contribution < -0.4 is 11.1 Å². The Morgan fingerprint density at radius 3 is 2.53 bits per heavy atom.